The third kappa shape index (κ3) is 3.08. The minimum Gasteiger partial charge on any atom is -0.398 e. The Kier molecular flexibility index (Phi) is 3.86. The number of nitrogens with one attached hydrogen (secondary N) is 1. The van der Waals surface area contributed by atoms with Gasteiger partial charge in [-0.05, 0) is 62.2 Å². The van der Waals surface area contributed by atoms with E-state index in [1.54, 1.807) is 24.3 Å². The highest BCUT2D eigenvalue weighted by atomic mass is 79.9. The molecule has 1 aromatic carbocycles. The highest BCUT2D eigenvalue weighted by Crippen LogP contribution is 2.25. The van der Waals surface area contributed by atoms with Crippen LogP contribution in [0.15, 0.2) is 38.6 Å². The molecule has 0 fully saturated rings. The van der Waals surface area contributed by atoms with Gasteiger partial charge >= 0.3 is 0 Å². The first kappa shape index (κ1) is 12.6. The lowest BCUT2D eigenvalue weighted by atomic mass is 10.3. The average molecular weight is 376 g/mol. The highest BCUT2D eigenvalue weighted by molar-refractivity contribution is 9.11. The van der Waals surface area contributed by atoms with Gasteiger partial charge in [0.15, 0.2) is 0 Å². The molecule has 0 unspecified atom stereocenters. The summed E-state index contributed by atoms with van der Waals surface area (Å²) in [5.41, 5.74) is 7.02. The summed E-state index contributed by atoms with van der Waals surface area (Å²) in [5, 5.41) is 2.80. The summed E-state index contributed by atoms with van der Waals surface area (Å²) in [5.74, 6) is -0.127. The molecule has 2 aromatic rings. The number of anilines is 2. The van der Waals surface area contributed by atoms with E-state index in [2.05, 4.69) is 37.2 Å². The fourth-order valence-corrected chi connectivity index (χ4v) is 2.89. The van der Waals surface area contributed by atoms with Crippen molar-refractivity contribution in [3.63, 3.8) is 0 Å². The zero-order chi connectivity index (χ0) is 12.4. The SMILES string of the molecule is Nc1ccc(NC(=O)c2ccc(Br)s2)cc1Br. The van der Waals surface area contributed by atoms with Gasteiger partial charge in [0.2, 0.25) is 0 Å². The first-order valence-electron chi connectivity index (χ1n) is 4.68. The first-order valence-corrected chi connectivity index (χ1v) is 7.08. The summed E-state index contributed by atoms with van der Waals surface area (Å²) in [6.07, 6.45) is 0. The number of nitrogen functional groups attached to an aromatic ring is 1. The molecule has 0 saturated heterocycles. The quantitative estimate of drug-likeness (QED) is 0.776. The normalized spacial score (nSPS) is 10.2. The Morgan fingerprint density at radius 3 is 2.59 bits per heavy atom. The van der Waals surface area contributed by atoms with E-state index < -0.39 is 0 Å². The van der Waals surface area contributed by atoms with Crippen LogP contribution in [0.5, 0.6) is 0 Å². The summed E-state index contributed by atoms with van der Waals surface area (Å²) >= 11 is 8.03. The molecule has 1 aromatic heterocycles. The van der Waals surface area contributed by atoms with Crippen LogP contribution in [0.4, 0.5) is 11.4 Å². The van der Waals surface area contributed by atoms with E-state index in [1.807, 2.05) is 6.07 Å². The molecule has 88 valence electrons. The fraction of sp³-hybridized carbons (Fsp3) is 0. The monoisotopic (exact) mass is 374 g/mol. The van der Waals surface area contributed by atoms with E-state index in [0.717, 1.165) is 8.26 Å². The third-order valence-corrected chi connectivity index (χ3v) is 4.36. The molecular weight excluding hydrogens is 368 g/mol. The molecule has 0 radical (unpaired) electrons. The van der Waals surface area contributed by atoms with E-state index in [-0.39, 0.29) is 5.91 Å². The summed E-state index contributed by atoms with van der Waals surface area (Å²) in [6.45, 7) is 0. The first-order chi connectivity index (χ1) is 8.06. The number of rotatable bonds is 2. The van der Waals surface area contributed by atoms with E-state index in [4.69, 9.17) is 5.73 Å². The molecular formula is C11H8Br2N2OS. The smallest absolute Gasteiger partial charge is 0.265 e. The van der Waals surface area contributed by atoms with Gasteiger partial charge in [0.25, 0.3) is 5.91 Å². The van der Waals surface area contributed by atoms with Crippen LogP contribution in [-0.4, -0.2) is 5.91 Å². The Morgan fingerprint density at radius 1 is 1.24 bits per heavy atom. The van der Waals surface area contributed by atoms with Gasteiger partial charge in [-0.25, -0.2) is 0 Å². The lowest BCUT2D eigenvalue weighted by molar-refractivity contribution is 0.103. The average Bonchev–Trinajstić information content (AvgIpc) is 2.70. The maximum atomic E-state index is 11.9. The minimum atomic E-state index is -0.127. The lowest BCUT2D eigenvalue weighted by Gasteiger charge is -2.05. The van der Waals surface area contributed by atoms with Crippen molar-refractivity contribution in [3.8, 4) is 0 Å². The van der Waals surface area contributed by atoms with Crippen LogP contribution in [0.1, 0.15) is 9.67 Å². The van der Waals surface area contributed by atoms with Crippen molar-refractivity contribution in [2.75, 3.05) is 11.1 Å². The number of hydrogen-bond donors (Lipinski definition) is 2. The predicted octanol–water partition coefficient (Wildman–Crippen LogP) is 4.11. The highest BCUT2D eigenvalue weighted by Gasteiger charge is 2.09. The van der Waals surface area contributed by atoms with Gasteiger partial charge in [-0.1, -0.05) is 0 Å². The Labute approximate surface area is 119 Å². The van der Waals surface area contributed by atoms with Gasteiger partial charge < -0.3 is 11.1 Å². The van der Waals surface area contributed by atoms with Crippen LogP contribution >= 0.6 is 43.2 Å². The van der Waals surface area contributed by atoms with E-state index in [0.29, 0.717) is 16.3 Å². The molecule has 1 amide bonds. The molecule has 3 N–H and O–H groups in total. The number of nitrogens with two attached hydrogens (primary N) is 1. The Hall–Kier alpha value is -0.850. The maximum absolute atomic E-state index is 11.9. The maximum Gasteiger partial charge on any atom is 0.265 e. The number of benzene rings is 1. The van der Waals surface area contributed by atoms with Crippen LogP contribution in [0.2, 0.25) is 0 Å². The fourth-order valence-electron chi connectivity index (χ4n) is 1.23. The van der Waals surface area contributed by atoms with Crippen LogP contribution in [-0.2, 0) is 0 Å². The van der Waals surface area contributed by atoms with Crippen molar-refractivity contribution in [2.45, 2.75) is 0 Å². The molecule has 2 rings (SSSR count). The zero-order valence-corrected chi connectivity index (χ0v) is 12.5. The van der Waals surface area contributed by atoms with Gasteiger partial charge in [-0.3, -0.25) is 4.79 Å². The van der Waals surface area contributed by atoms with Crippen LogP contribution < -0.4 is 11.1 Å². The van der Waals surface area contributed by atoms with Crippen molar-refractivity contribution < 1.29 is 4.79 Å². The van der Waals surface area contributed by atoms with Crippen molar-refractivity contribution >= 4 is 60.5 Å². The second-order valence-electron chi connectivity index (χ2n) is 3.29. The number of halogens is 2. The van der Waals surface area contributed by atoms with Crippen LogP contribution in [0.25, 0.3) is 0 Å². The summed E-state index contributed by atoms with van der Waals surface area (Å²) in [6, 6.07) is 8.90. The molecule has 3 nitrogen and oxygen atoms in total. The van der Waals surface area contributed by atoms with E-state index in [9.17, 15) is 4.79 Å². The Bertz CT molecular complexity index is 568. The molecule has 0 aliphatic heterocycles. The van der Waals surface area contributed by atoms with Gasteiger partial charge in [0.1, 0.15) is 0 Å². The summed E-state index contributed by atoms with van der Waals surface area (Å²) in [4.78, 5) is 12.5. The second kappa shape index (κ2) is 5.20. The topological polar surface area (TPSA) is 55.1 Å². The largest absolute Gasteiger partial charge is 0.398 e. The predicted molar refractivity (Wildman–Crippen MR) is 78.5 cm³/mol. The number of hydrogen-bond acceptors (Lipinski definition) is 3. The number of amides is 1. The summed E-state index contributed by atoms with van der Waals surface area (Å²) < 4.78 is 1.70. The van der Waals surface area contributed by atoms with Gasteiger partial charge in [0, 0.05) is 15.8 Å². The number of carbonyl (C=O) groups is 1. The van der Waals surface area contributed by atoms with Gasteiger partial charge in [-0.15, -0.1) is 11.3 Å². The number of thiophene rings is 1. The van der Waals surface area contributed by atoms with E-state index in [1.165, 1.54) is 11.3 Å². The molecule has 0 spiro atoms. The molecule has 6 heteroatoms. The van der Waals surface area contributed by atoms with Crippen molar-refractivity contribution in [3.05, 3.63) is 43.5 Å². The molecule has 0 atom stereocenters. The lowest BCUT2D eigenvalue weighted by Crippen LogP contribution is -2.10. The zero-order valence-electron chi connectivity index (χ0n) is 8.54. The van der Waals surface area contributed by atoms with Crippen LogP contribution in [0.3, 0.4) is 0 Å². The second-order valence-corrected chi connectivity index (χ2v) is 6.61. The number of carbonyl (C=O) groups excluding carboxylic acids is 1. The Morgan fingerprint density at radius 2 is 2.00 bits per heavy atom. The standard InChI is InChI=1S/C11H8Br2N2OS/c12-7-5-6(1-2-8(7)14)15-11(16)9-3-4-10(13)17-9/h1-5H,14H2,(H,15,16). The molecule has 0 aliphatic carbocycles. The Balaban J connectivity index is 2.15. The molecule has 1 heterocycles. The molecule has 0 bridgehead atoms. The van der Waals surface area contributed by atoms with E-state index >= 15 is 0 Å². The summed E-state index contributed by atoms with van der Waals surface area (Å²) in [7, 11) is 0. The van der Waals surface area contributed by atoms with Crippen molar-refractivity contribution in [2.24, 2.45) is 0 Å². The molecule has 0 saturated carbocycles. The van der Waals surface area contributed by atoms with Gasteiger partial charge in [-0.2, -0.15) is 0 Å². The van der Waals surface area contributed by atoms with Crippen LogP contribution in [0, 0.1) is 0 Å². The van der Waals surface area contributed by atoms with Gasteiger partial charge in [0.05, 0.1) is 8.66 Å². The third-order valence-electron chi connectivity index (χ3n) is 2.06. The minimum absolute atomic E-state index is 0.127. The molecule has 17 heavy (non-hydrogen) atoms. The molecule has 0 aliphatic rings. The van der Waals surface area contributed by atoms with Crippen molar-refractivity contribution in [1.82, 2.24) is 0 Å². The van der Waals surface area contributed by atoms with Crippen molar-refractivity contribution in [1.29, 1.82) is 0 Å².